The molecule has 0 saturated heterocycles. The van der Waals surface area contributed by atoms with E-state index in [0.29, 0.717) is 0 Å². The minimum Gasteiger partial charge on any atom is -0.315 e. The Labute approximate surface area is 167 Å². The third kappa shape index (κ3) is 4.44. The molecule has 5 heteroatoms. The number of aryl methyl sites for hydroxylation is 3. The number of fused-ring (bicyclic) bond motifs is 1. The molecule has 0 radical (unpaired) electrons. The maximum absolute atomic E-state index is 6.09. The van der Waals surface area contributed by atoms with Crippen molar-refractivity contribution < 1.29 is 0 Å². The Morgan fingerprint density at radius 3 is 2.81 bits per heavy atom. The van der Waals surface area contributed by atoms with E-state index in [-0.39, 0.29) is 0 Å². The monoisotopic (exact) mass is 384 g/mol. The first-order valence-electron chi connectivity index (χ1n) is 10.3. The zero-order valence-corrected chi connectivity index (χ0v) is 17.0. The fourth-order valence-electron chi connectivity index (χ4n) is 4.34. The molecule has 1 aromatic carbocycles. The van der Waals surface area contributed by atoms with Gasteiger partial charge in [-0.1, -0.05) is 30.2 Å². The van der Waals surface area contributed by atoms with Gasteiger partial charge in [0.05, 0.1) is 0 Å². The van der Waals surface area contributed by atoms with Gasteiger partial charge in [-0.15, -0.1) is 10.2 Å². The second kappa shape index (κ2) is 8.57. The molecule has 144 valence electrons. The molecule has 0 aliphatic carbocycles. The second-order valence-corrected chi connectivity index (χ2v) is 8.27. The highest BCUT2D eigenvalue weighted by molar-refractivity contribution is 6.30. The summed E-state index contributed by atoms with van der Waals surface area (Å²) in [5.41, 5.74) is 4.09. The van der Waals surface area contributed by atoms with Crippen LogP contribution < -0.4 is 0 Å². The average Bonchev–Trinajstić information content (AvgIpc) is 2.89. The maximum Gasteiger partial charge on any atom is 0.133 e. The molecule has 0 atom stereocenters. The first kappa shape index (κ1) is 18.7. The standard InChI is InChI=1S/C22H29ClN4/c1-17-16-19(23)8-9-20(17)18-10-14-26(15-11-18)12-5-7-22-25-24-21-6-3-2-4-13-27(21)22/h8-10,16H,2-7,11-15H2,1H3. The van der Waals surface area contributed by atoms with Gasteiger partial charge in [-0.05, 0) is 68.0 Å². The quantitative estimate of drug-likeness (QED) is 0.750. The van der Waals surface area contributed by atoms with Gasteiger partial charge >= 0.3 is 0 Å². The molecule has 0 fully saturated rings. The van der Waals surface area contributed by atoms with E-state index in [1.54, 1.807) is 0 Å². The summed E-state index contributed by atoms with van der Waals surface area (Å²) >= 11 is 6.09. The van der Waals surface area contributed by atoms with Crippen LogP contribution in [0.2, 0.25) is 5.02 Å². The van der Waals surface area contributed by atoms with E-state index in [2.05, 4.69) is 44.8 Å². The first-order chi connectivity index (χ1) is 13.2. The molecular formula is C22H29ClN4. The Morgan fingerprint density at radius 1 is 1.07 bits per heavy atom. The fraction of sp³-hybridized carbons (Fsp3) is 0.545. The van der Waals surface area contributed by atoms with Crippen molar-refractivity contribution in [1.82, 2.24) is 19.7 Å². The molecule has 2 aliphatic heterocycles. The molecule has 3 heterocycles. The minimum atomic E-state index is 0.820. The number of hydrogen-bond donors (Lipinski definition) is 0. The summed E-state index contributed by atoms with van der Waals surface area (Å²) in [7, 11) is 0. The molecule has 2 aliphatic rings. The fourth-order valence-corrected chi connectivity index (χ4v) is 4.56. The summed E-state index contributed by atoms with van der Waals surface area (Å²) in [6.45, 7) is 6.55. The van der Waals surface area contributed by atoms with Crippen molar-refractivity contribution in [2.24, 2.45) is 0 Å². The van der Waals surface area contributed by atoms with Gasteiger partial charge < -0.3 is 4.57 Å². The lowest BCUT2D eigenvalue weighted by atomic mass is 9.95. The number of halogens is 1. The lowest BCUT2D eigenvalue weighted by molar-refractivity contribution is 0.296. The van der Waals surface area contributed by atoms with Gasteiger partial charge in [0, 0.05) is 37.5 Å². The molecule has 0 spiro atoms. The van der Waals surface area contributed by atoms with Crippen LogP contribution >= 0.6 is 11.6 Å². The van der Waals surface area contributed by atoms with Gasteiger partial charge in [0.15, 0.2) is 0 Å². The minimum absolute atomic E-state index is 0.820. The smallest absolute Gasteiger partial charge is 0.133 e. The summed E-state index contributed by atoms with van der Waals surface area (Å²) in [6.07, 6.45) is 10.6. The zero-order chi connectivity index (χ0) is 18.6. The molecular weight excluding hydrogens is 356 g/mol. The van der Waals surface area contributed by atoms with Crippen LogP contribution in [0.5, 0.6) is 0 Å². The molecule has 0 unspecified atom stereocenters. The summed E-state index contributed by atoms with van der Waals surface area (Å²) < 4.78 is 2.38. The van der Waals surface area contributed by atoms with Gasteiger partial charge in [0.1, 0.15) is 11.6 Å². The predicted octanol–water partition coefficient (Wildman–Crippen LogP) is 4.69. The first-order valence-corrected chi connectivity index (χ1v) is 10.7. The van der Waals surface area contributed by atoms with Crippen molar-refractivity contribution in [3.05, 3.63) is 52.1 Å². The van der Waals surface area contributed by atoms with E-state index < -0.39 is 0 Å². The van der Waals surface area contributed by atoms with Gasteiger partial charge in [-0.25, -0.2) is 0 Å². The number of hydrogen-bond acceptors (Lipinski definition) is 3. The predicted molar refractivity (Wildman–Crippen MR) is 111 cm³/mol. The van der Waals surface area contributed by atoms with Gasteiger partial charge in [0.25, 0.3) is 0 Å². The molecule has 27 heavy (non-hydrogen) atoms. The number of aromatic nitrogens is 3. The Bertz CT molecular complexity index is 824. The Hall–Kier alpha value is -1.65. The third-order valence-electron chi connectivity index (χ3n) is 5.89. The van der Waals surface area contributed by atoms with Crippen molar-refractivity contribution in [3.8, 4) is 0 Å². The van der Waals surface area contributed by atoms with Crippen LogP contribution in [0.1, 0.15) is 54.9 Å². The zero-order valence-electron chi connectivity index (χ0n) is 16.3. The normalized spacial score (nSPS) is 18.1. The SMILES string of the molecule is Cc1cc(Cl)ccc1C1=CCN(CCCc2nnc3n2CCCCC3)CC1. The maximum atomic E-state index is 6.09. The second-order valence-electron chi connectivity index (χ2n) is 7.84. The Morgan fingerprint density at radius 2 is 2.00 bits per heavy atom. The molecule has 0 bridgehead atoms. The van der Waals surface area contributed by atoms with E-state index in [4.69, 9.17) is 11.6 Å². The van der Waals surface area contributed by atoms with Crippen LogP contribution in [0, 0.1) is 6.92 Å². The highest BCUT2D eigenvalue weighted by Crippen LogP contribution is 2.27. The molecule has 4 rings (SSSR count). The Balaban J connectivity index is 1.30. The Kier molecular flexibility index (Phi) is 5.94. The summed E-state index contributed by atoms with van der Waals surface area (Å²) in [4.78, 5) is 2.55. The van der Waals surface area contributed by atoms with E-state index in [1.807, 2.05) is 6.07 Å². The molecule has 0 N–H and O–H groups in total. The van der Waals surface area contributed by atoms with E-state index in [0.717, 1.165) is 56.9 Å². The highest BCUT2D eigenvalue weighted by atomic mass is 35.5. The number of benzene rings is 1. The largest absolute Gasteiger partial charge is 0.315 e. The lowest BCUT2D eigenvalue weighted by Crippen LogP contribution is -2.30. The highest BCUT2D eigenvalue weighted by Gasteiger charge is 2.17. The molecule has 1 aromatic heterocycles. The van der Waals surface area contributed by atoms with Crippen LogP contribution in [0.15, 0.2) is 24.3 Å². The molecule has 0 saturated carbocycles. The van der Waals surface area contributed by atoms with E-state index >= 15 is 0 Å². The van der Waals surface area contributed by atoms with Crippen LogP contribution in [0.25, 0.3) is 5.57 Å². The van der Waals surface area contributed by atoms with Crippen LogP contribution in [-0.2, 0) is 19.4 Å². The molecule has 4 nitrogen and oxygen atoms in total. The summed E-state index contributed by atoms with van der Waals surface area (Å²) in [5, 5.41) is 9.70. The van der Waals surface area contributed by atoms with Gasteiger partial charge in [-0.2, -0.15) is 0 Å². The topological polar surface area (TPSA) is 34.0 Å². The number of nitrogens with zero attached hydrogens (tertiary/aromatic N) is 4. The molecule has 2 aromatic rings. The van der Waals surface area contributed by atoms with Crippen LogP contribution in [0.4, 0.5) is 0 Å². The number of rotatable bonds is 5. The molecule has 0 amide bonds. The lowest BCUT2D eigenvalue weighted by Gasteiger charge is -2.27. The van der Waals surface area contributed by atoms with Crippen molar-refractivity contribution in [1.29, 1.82) is 0 Å². The average molecular weight is 385 g/mol. The van der Waals surface area contributed by atoms with E-state index in [1.165, 1.54) is 47.6 Å². The van der Waals surface area contributed by atoms with Gasteiger partial charge in [-0.3, -0.25) is 4.90 Å². The van der Waals surface area contributed by atoms with Crippen molar-refractivity contribution in [2.75, 3.05) is 19.6 Å². The summed E-state index contributed by atoms with van der Waals surface area (Å²) in [6, 6.07) is 6.22. The third-order valence-corrected chi connectivity index (χ3v) is 6.12. The van der Waals surface area contributed by atoms with Crippen molar-refractivity contribution in [3.63, 3.8) is 0 Å². The van der Waals surface area contributed by atoms with Crippen LogP contribution in [-0.4, -0.2) is 39.3 Å². The van der Waals surface area contributed by atoms with Crippen molar-refractivity contribution >= 4 is 17.2 Å². The van der Waals surface area contributed by atoms with Crippen LogP contribution in [0.3, 0.4) is 0 Å². The van der Waals surface area contributed by atoms with Crippen molar-refractivity contribution in [2.45, 2.75) is 58.4 Å². The van der Waals surface area contributed by atoms with E-state index in [9.17, 15) is 0 Å². The summed E-state index contributed by atoms with van der Waals surface area (Å²) in [5.74, 6) is 2.39. The van der Waals surface area contributed by atoms with Gasteiger partial charge in [0.2, 0.25) is 0 Å².